The van der Waals surface area contributed by atoms with Crippen LogP contribution in [0.3, 0.4) is 0 Å². The average molecular weight is 438 g/mol. The maximum atomic E-state index is 13.1. The lowest BCUT2D eigenvalue weighted by molar-refractivity contribution is -0.139. The van der Waals surface area contributed by atoms with Gasteiger partial charge in [0.05, 0.1) is 15.8 Å². The third kappa shape index (κ3) is 4.23. The number of thioether (sulfide) groups is 1. The topological polar surface area (TPSA) is 71.8 Å². The number of hydrogen-bond acceptors (Lipinski definition) is 6. The summed E-state index contributed by atoms with van der Waals surface area (Å²) in [5.74, 6) is -0.175. The molecule has 0 fully saturated rings. The molecule has 0 bridgehead atoms. The zero-order valence-corrected chi connectivity index (χ0v) is 16.3. The van der Waals surface area contributed by atoms with E-state index < -0.39 is 23.8 Å². The van der Waals surface area contributed by atoms with E-state index in [4.69, 9.17) is 9.84 Å². The fraction of sp³-hybridized carbons (Fsp3) is 0.211. The number of aliphatic imine (C=N–C) groups is 1. The SMILES string of the molecule is O=C(O)[C@H]1CSC(c2nc3ccc(OCc4ccccc4C(F)(F)F)cc3s2)=N1. The van der Waals surface area contributed by atoms with Gasteiger partial charge in [-0.2, -0.15) is 13.2 Å². The Balaban J connectivity index is 1.54. The highest BCUT2D eigenvalue weighted by Crippen LogP contribution is 2.34. The highest BCUT2D eigenvalue weighted by atomic mass is 32.2. The van der Waals surface area contributed by atoms with Crippen LogP contribution in [0.25, 0.3) is 10.2 Å². The van der Waals surface area contributed by atoms with Gasteiger partial charge in [0.2, 0.25) is 0 Å². The van der Waals surface area contributed by atoms with Crippen molar-refractivity contribution in [3.05, 3.63) is 58.6 Å². The molecule has 5 nitrogen and oxygen atoms in total. The van der Waals surface area contributed by atoms with Gasteiger partial charge < -0.3 is 9.84 Å². The van der Waals surface area contributed by atoms with Gasteiger partial charge in [-0.05, 0) is 24.3 Å². The van der Waals surface area contributed by atoms with Crippen molar-refractivity contribution in [1.29, 1.82) is 0 Å². The van der Waals surface area contributed by atoms with Gasteiger partial charge in [0, 0.05) is 11.3 Å². The molecule has 10 heteroatoms. The lowest BCUT2D eigenvalue weighted by Crippen LogP contribution is -2.17. The second kappa shape index (κ2) is 7.68. The van der Waals surface area contributed by atoms with Gasteiger partial charge in [0.15, 0.2) is 6.04 Å². The first kappa shape index (κ1) is 19.7. The first-order valence-corrected chi connectivity index (χ1v) is 10.2. The predicted octanol–water partition coefficient (Wildman–Crippen LogP) is 4.84. The van der Waals surface area contributed by atoms with Crippen LogP contribution in [0.2, 0.25) is 0 Å². The number of ether oxygens (including phenoxy) is 1. The minimum atomic E-state index is -4.44. The number of halogens is 3. The monoisotopic (exact) mass is 438 g/mol. The van der Waals surface area contributed by atoms with E-state index in [9.17, 15) is 18.0 Å². The summed E-state index contributed by atoms with van der Waals surface area (Å²) in [7, 11) is 0. The minimum Gasteiger partial charge on any atom is -0.489 e. The van der Waals surface area contributed by atoms with Crippen LogP contribution in [0, 0.1) is 0 Å². The van der Waals surface area contributed by atoms with Gasteiger partial charge in [-0.1, -0.05) is 18.2 Å². The number of carboxylic acids is 1. The number of carboxylic acid groups (broad SMARTS) is 1. The van der Waals surface area contributed by atoms with E-state index in [1.165, 1.54) is 41.3 Å². The molecule has 0 radical (unpaired) electrons. The quantitative estimate of drug-likeness (QED) is 0.617. The van der Waals surface area contributed by atoms with Crippen molar-refractivity contribution >= 4 is 44.3 Å². The molecule has 0 amide bonds. The Bertz CT molecular complexity index is 1110. The maximum absolute atomic E-state index is 13.1. The Labute approximate surface area is 171 Å². The van der Waals surface area contributed by atoms with E-state index >= 15 is 0 Å². The maximum Gasteiger partial charge on any atom is 0.416 e. The fourth-order valence-corrected chi connectivity index (χ4v) is 4.88. The molecule has 29 heavy (non-hydrogen) atoms. The molecular weight excluding hydrogens is 425 g/mol. The van der Waals surface area contributed by atoms with Crippen LogP contribution in [0.1, 0.15) is 16.1 Å². The van der Waals surface area contributed by atoms with Gasteiger partial charge in [0.25, 0.3) is 0 Å². The molecule has 0 saturated heterocycles. The molecule has 1 aliphatic heterocycles. The van der Waals surface area contributed by atoms with E-state index in [0.717, 1.165) is 10.8 Å². The first-order chi connectivity index (χ1) is 13.8. The summed E-state index contributed by atoms with van der Waals surface area (Å²) in [6.07, 6.45) is -4.44. The number of hydrogen-bond donors (Lipinski definition) is 1. The highest BCUT2D eigenvalue weighted by molar-refractivity contribution is 8.15. The summed E-state index contributed by atoms with van der Waals surface area (Å²) in [5, 5.41) is 10.3. The van der Waals surface area contributed by atoms with E-state index in [1.54, 1.807) is 18.2 Å². The van der Waals surface area contributed by atoms with Crippen molar-refractivity contribution in [1.82, 2.24) is 4.98 Å². The number of benzene rings is 2. The fourth-order valence-electron chi connectivity index (χ4n) is 2.79. The summed E-state index contributed by atoms with van der Waals surface area (Å²) in [5.41, 5.74) is 0.0297. The summed E-state index contributed by atoms with van der Waals surface area (Å²) in [4.78, 5) is 19.7. The molecule has 3 aromatic rings. The van der Waals surface area contributed by atoms with Crippen molar-refractivity contribution in [2.24, 2.45) is 4.99 Å². The molecule has 1 aliphatic rings. The van der Waals surface area contributed by atoms with Crippen LogP contribution < -0.4 is 4.74 Å². The number of fused-ring (bicyclic) bond motifs is 1. The largest absolute Gasteiger partial charge is 0.489 e. The number of thiazole rings is 1. The van der Waals surface area contributed by atoms with Crippen LogP contribution in [0.4, 0.5) is 13.2 Å². The number of aromatic nitrogens is 1. The smallest absolute Gasteiger partial charge is 0.416 e. The van der Waals surface area contributed by atoms with Gasteiger partial charge >= 0.3 is 12.1 Å². The minimum absolute atomic E-state index is 0.0570. The van der Waals surface area contributed by atoms with Crippen molar-refractivity contribution in [3.8, 4) is 5.75 Å². The molecule has 150 valence electrons. The van der Waals surface area contributed by atoms with Gasteiger partial charge in [-0.15, -0.1) is 23.1 Å². The molecule has 0 saturated carbocycles. The zero-order chi connectivity index (χ0) is 20.6. The van der Waals surface area contributed by atoms with Gasteiger partial charge in [-0.3, -0.25) is 4.99 Å². The van der Waals surface area contributed by atoms with Crippen LogP contribution in [0.15, 0.2) is 47.5 Å². The number of aliphatic carboxylic acids is 1. The second-order valence-electron chi connectivity index (χ2n) is 6.19. The number of alkyl halides is 3. The number of nitrogens with zero attached hydrogens (tertiary/aromatic N) is 2. The highest BCUT2D eigenvalue weighted by Gasteiger charge is 2.33. The van der Waals surface area contributed by atoms with Gasteiger partial charge in [0.1, 0.15) is 22.4 Å². The van der Waals surface area contributed by atoms with E-state index in [-0.39, 0.29) is 12.2 Å². The molecule has 0 spiro atoms. The Morgan fingerprint density at radius 3 is 2.76 bits per heavy atom. The van der Waals surface area contributed by atoms with Crippen molar-refractivity contribution < 1.29 is 27.8 Å². The Morgan fingerprint density at radius 2 is 2.03 bits per heavy atom. The predicted molar refractivity (Wildman–Crippen MR) is 106 cm³/mol. The zero-order valence-electron chi connectivity index (χ0n) is 14.6. The Morgan fingerprint density at radius 1 is 1.24 bits per heavy atom. The molecule has 2 heterocycles. The molecule has 1 atom stereocenters. The van der Waals surface area contributed by atoms with Crippen LogP contribution in [-0.2, 0) is 17.6 Å². The van der Waals surface area contributed by atoms with Crippen LogP contribution in [0.5, 0.6) is 5.75 Å². The molecule has 2 aromatic carbocycles. The number of carbonyl (C=O) groups is 1. The first-order valence-electron chi connectivity index (χ1n) is 8.43. The standard InChI is InChI=1S/C19H13F3N2O3S2/c20-19(21,22)12-4-2-1-3-10(12)8-27-11-5-6-13-15(7-11)29-17(23-13)16-24-14(9-28-16)18(25)26/h1-7,14H,8-9H2,(H,25,26)/t14-/m1/s1. The van der Waals surface area contributed by atoms with Crippen molar-refractivity contribution in [3.63, 3.8) is 0 Å². The van der Waals surface area contributed by atoms with Gasteiger partial charge in [-0.25, -0.2) is 9.78 Å². The van der Waals surface area contributed by atoms with Crippen LogP contribution in [-0.4, -0.2) is 32.9 Å². The molecule has 4 rings (SSSR count). The molecule has 1 N–H and O–H groups in total. The molecule has 0 unspecified atom stereocenters. The Kier molecular flexibility index (Phi) is 5.22. The normalized spacial score (nSPS) is 16.8. The van der Waals surface area contributed by atoms with E-state index in [2.05, 4.69) is 9.98 Å². The van der Waals surface area contributed by atoms with E-state index in [0.29, 0.717) is 27.1 Å². The average Bonchev–Trinajstić information content (AvgIpc) is 3.32. The molecular formula is C19H13F3N2O3S2. The number of rotatable bonds is 5. The third-order valence-electron chi connectivity index (χ3n) is 4.20. The molecule has 0 aliphatic carbocycles. The lowest BCUT2D eigenvalue weighted by Gasteiger charge is -2.13. The molecule has 1 aromatic heterocycles. The summed E-state index contributed by atoms with van der Waals surface area (Å²) >= 11 is 2.68. The third-order valence-corrected chi connectivity index (χ3v) is 6.40. The second-order valence-corrected chi connectivity index (χ2v) is 8.23. The Hall–Kier alpha value is -2.59. The lowest BCUT2D eigenvalue weighted by atomic mass is 10.1. The van der Waals surface area contributed by atoms with Crippen molar-refractivity contribution in [2.75, 3.05) is 5.75 Å². The van der Waals surface area contributed by atoms with Crippen molar-refractivity contribution in [2.45, 2.75) is 18.8 Å². The summed E-state index contributed by atoms with van der Waals surface area (Å²) in [6.45, 7) is -0.213. The van der Waals surface area contributed by atoms with E-state index in [1.807, 2.05) is 0 Å². The summed E-state index contributed by atoms with van der Waals surface area (Å²) in [6, 6.07) is 9.60. The van der Waals surface area contributed by atoms with Crippen LogP contribution >= 0.6 is 23.1 Å². The summed E-state index contributed by atoms with van der Waals surface area (Å²) < 4.78 is 45.7.